The Morgan fingerprint density at radius 1 is 1.06 bits per heavy atom. The largest absolute Gasteiger partial charge is 0.352 e. The summed E-state index contributed by atoms with van der Waals surface area (Å²) in [6, 6.07) is 11.0. The molecule has 0 fully saturated rings. The van der Waals surface area contributed by atoms with E-state index in [-0.39, 0.29) is 28.9 Å². The summed E-state index contributed by atoms with van der Waals surface area (Å²) in [4.78, 5) is 27.1. The maximum Gasteiger partial charge on any atom is 0.244 e. The van der Waals surface area contributed by atoms with Gasteiger partial charge in [-0.2, -0.15) is 0 Å². The van der Waals surface area contributed by atoms with Gasteiger partial charge in [0.15, 0.2) is 0 Å². The van der Waals surface area contributed by atoms with Crippen LogP contribution in [0.25, 0.3) is 0 Å². The minimum Gasteiger partial charge on any atom is -0.352 e. The van der Waals surface area contributed by atoms with E-state index in [4.69, 9.17) is 11.6 Å². The SMILES string of the molecule is CC(C)NC(=O)[C@H](C)N(Cc1ccccc1F)C(=O)CN(c1ccccc1Cl)S(C)(=O)=O. The van der Waals surface area contributed by atoms with Crippen LogP contribution in [0.1, 0.15) is 26.3 Å². The standard InChI is InChI=1S/C22H27ClFN3O4S/c1-15(2)25-22(29)16(3)26(13-17-9-5-7-11-19(17)24)21(28)14-27(32(4,30)31)20-12-8-6-10-18(20)23/h5-12,15-16H,13-14H2,1-4H3,(H,25,29)/t16-/m0/s1. The number of para-hydroxylation sites is 1. The van der Waals surface area contributed by atoms with Crippen LogP contribution in [0.15, 0.2) is 48.5 Å². The predicted molar refractivity (Wildman–Crippen MR) is 123 cm³/mol. The van der Waals surface area contributed by atoms with Crippen molar-refractivity contribution >= 4 is 39.1 Å². The maximum atomic E-state index is 14.3. The average Bonchev–Trinajstić information content (AvgIpc) is 2.70. The topological polar surface area (TPSA) is 86.8 Å². The first-order chi connectivity index (χ1) is 14.9. The Hall–Kier alpha value is -2.65. The summed E-state index contributed by atoms with van der Waals surface area (Å²) in [5.74, 6) is -1.65. The minimum absolute atomic E-state index is 0.134. The molecular formula is C22H27ClFN3O4S. The molecule has 0 aromatic heterocycles. The number of nitrogens with one attached hydrogen (secondary N) is 1. The van der Waals surface area contributed by atoms with E-state index < -0.39 is 40.2 Å². The van der Waals surface area contributed by atoms with Gasteiger partial charge in [0, 0.05) is 18.2 Å². The number of hydrogen-bond donors (Lipinski definition) is 1. The van der Waals surface area contributed by atoms with Crippen LogP contribution in [0.2, 0.25) is 5.02 Å². The number of hydrogen-bond acceptors (Lipinski definition) is 4. The molecule has 0 unspecified atom stereocenters. The summed E-state index contributed by atoms with van der Waals surface area (Å²) >= 11 is 6.16. The van der Waals surface area contributed by atoms with Gasteiger partial charge in [-0.05, 0) is 39.0 Å². The molecule has 0 saturated heterocycles. The third-order valence-electron chi connectivity index (χ3n) is 4.70. The minimum atomic E-state index is -3.89. The van der Waals surface area contributed by atoms with Crippen LogP contribution in [-0.2, 0) is 26.2 Å². The number of rotatable bonds is 9. The van der Waals surface area contributed by atoms with E-state index >= 15 is 0 Å². The van der Waals surface area contributed by atoms with E-state index in [1.54, 1.807) is 32.0 Å². The number of nitrogens with zero attached hydrogens (tertiary/aromatic N) is 2. The number of halogens is 2. The number of carbonyl (C=O) groups is 2. The van der Waals surface area contributed by atoms with Crippen molar-refractivity contribution in [1.82, 2.24) is 10.2 Å². The van der Waals surface area contributed by atoms with Crippen molar-refractivity contribution in [2.75, 3.05) is 17.1 Å². The zero-order valence-corrected chi connectivity index (χ0v) is 20.0. The Labute approximate surface area is 193 Å². The molecule has 0 heterocycles. The fourth-order valence-corrected chi connectivity index (χ4v) is 4.20. The van der Waals surface area contributed by atoms with E-state index in [2.05, 4.69) is 5.32 Å². The van der Waals surface area contributed by atoms with Gasteiger partial charge < -0.3 is 10.2 Å². The summed E-state index contributed by atoms with van der Waals surface area (Å²) in [6.07, 6.45) is 0.958. The van der Waals surface area contributed by atoms with E-state index in [9.17, 15) is 22.4 Å². The molecule has 0 aliphatic carbocycles. The summed E-state index contributed by atoms with van der Waals surface area (Å²) in [7, 11) is -3.89. The molecule has 0 saturated carbocycles. The van der Waals surface area contributed by atoms with Crippen molar-refractivity contribution in [2.45, 2.75) is 39.4 Å². The van der Waals surface area contributed by atoms with Gasteiger partial charge in [-0.15, -0.1) is 0 Å². The molecule has 2 amide bonds. The Bertz CT molecular complexity index is 1080. The lowest BCUT2D eigenvalue weighted by molar-refractivity contribution is -0.139. The molecule has 0 bridgehead atoms. The molecule has 0 aliphatic heterocycles. The number of sulfonamides is 1. The Morgan fingerprint density at radius 2 is 1.66 bits per heavy atom. The van der Waals surface area contributed by atoms with Gasteiger partial charge in [0.05, 0.1) is 17.0 Å². The number of carbonyl (C=O) groups excluding carboxylic acids is 2. The van der Waals surface area contributed by atoms with Crippen molar-refractivity contribution in [3.63, 3.8) is 0 Å². The molecule has 32 heavy (non-hydrogen) atoms. The summed E-state index contributed by atoms with van der Waals surface area (Å²) in [6.45, 7) is 4.25. The van der Waals surface area contributed by atoms with Gasteiger partial charge in [0.25, 0.3) is 0 Å². The highest BCUT2D eigenvalue weighted by molar-refractivity contribution is 7.92. The van der Waals surface area contributed by atoms with E-state index in [1.165, 1.54) is 37.3 Å². The van der Waals surface area contributed by atoms with Crippen molar-refractivity contribution in [3.05, 3.63) is 64.9 Å². The second kappa shape index (κ2) is 10.8. The highest BCUT2D eigenvalue weighted by atomic mass is 35.5. The molecule has 1 N–H and O–H groups in total. The van der Waals surface area contributed by atoms with Gasteiger partial charge >= 0.3 is 0 Å². The zero-order chi connectivity index (χ0) is 24.1. The van der Waals surface area contributed by atoms with Gasteiger partial charge in [-0.1, -0.05) is 41.9 Å². The van der Waals surface area contributed by atoms with E-state index in [0.29, 0.717) is 0 Å². The summed E-state index contributed by atoms with van der Waals surface area (Å²) < 4.78 is 40.1. The molecule has 174 valence electrons. The molecule has 0 radical (unpaired) electrons. The van der Waals surface area contributed by atoms with E-state index in [0.717, 1.165) is 15.5 Å². The van der Waals surface area contributed by atoms with Crippen LogP contribution in [0, 0.1) is 5.82 Å². The molecule has 0 spiro atoms. The Morgan fingerprint density at radius 3 is 2.22 bits per heavy atom. The first-order valence-electron chi connectivity index (χ1n) is 9.97. The molecule has 2 aromatic rings. The van der Waals surface area contributed by atoms with Crippen molar-refractivity contribution in [2.24, 2.45) is 0 Å². The molecule has 10 heteroatoms. The maximum absolute atomic E-state index is 14.3. The first kappa shape index (κ1) is 25.6. The van der Waals surface area contributed by atoms with Crippen molar-refractivity contribution < 1.29 is 22.4 Å². The third-order valence-corrected chi connectivity index (χ3v) is 6.14. The lowest BCUT2D eigenvalue weighted by atomic mass is 10.1. The summed E-state index contributed by atoms with van der Waals surface area (Å²) in [5.41, 5.74) is 0.337. The van der Waals surface area contributed by atoms with Crippen LogP contribution in [0.4, 0.5) is 10.1 Å². The fraction of sp³-hybridized carbons (Fsp3) is 0.364. The van der Waals surface area contributed by atoms with Crippen molar-refractivity contribution in [1.29, 1.82) is 0 Å². The second-order valence-corrected chi connectivity index (χ2v) is 9.99. The normalized spacial score (nSPS) is 12.3. The lowest BCUT2D eigenvalue weighted by Crippen LogP contribution is -2.52. The number of amides is 2. The van der Waals surface area contributed by atoms with Crippen LogP contribution in [0.3, 0.4) is 0 Å². The van der Waals surface area contributed by atoms with Crippen molar-refractivity contribution in [3.8, 4) is 0 Å². The molecule has 2 rings (SSSR count). The Balaban J connectivity index is 2.42. The lowest BCUT2D eigenvalue weighted by Gasteiger charge is -2.32. The average molecular weight is 484 g/mol. The molecular weight excluding hydrogens is 457 g/mol. The molecule has 1 atom stereocenters. The zero-order valence-electron chi connectivity index (χ0n) is 18.4. The second-order valence-electron chi connectivity index (χ2n) is 7.67. The Kier molecular flexibility index (Phi) is 8.63. The smallest absolute Gasteiger partial charge is 0.244 e. The van der Waals surface area contributed by atoms with E-state index in [1.807, 2.05) is 0 Å². The van der Waals surface area contributed by atoms with Crippen LogP contribution >= 0.6 is 11.6 Å². The van der Waals surface area contributed by atoms with Gasteiger partial charge in [0.1, 0.15) is 18.4 Å². The van der Waals surface area contributed by atoms with Gasteiger partial charge in [-0.25, -0.2) is 12.8 Å². The quantitative estimate of drug-likeness (QED) is 0.593. The molecule has 2 aromatic carbocycles. The molecule has 7 nitrogen and oxygen atoms in total. The number of anilines is 1. The highest BCUT2D eigenvalue weighted by Gasteiger charge is 2.31. The monoisotopic (exact) mass is 483 g/mol. The van der Waals surface area contributed by atoms with Gasteiger partial charge in [-0.3, -0.25) is 13.9 Å². The number of benzene rings is 2. The van der Waals surface area contributed by atoms with Crippen LogP contribution in [-0.4, -0.2) is 50.0 Å². The van der Waals surface area contributed by atoms with Crippen LogP contribution in [0.5, 0.6) is 0 Å². The van der Waals surface area contributed by atoms with Crippen LogP contribution < -0.4 is 9.62 Å². The highest BCUT2D eigenvalue weighted by Crippen LogP contribution is 2.27. The summed E-state index contributed by atoms with van der Waals surface area (Å²) in [5, 5.41) is 2.87. The molecule has 0 aliphatic rings. The van der Waals surface area contributed by atoms with Gasteiger partial charge in [0.2, 0.25) is 21.8 Å². The predicted octanol–water partition coefficient (Wildman–Crippen LogP) is 3.19. The third kappa shape index (κ3) is 6.67. The fourth-order valence-electron chi connectivity index (χ4n) is 3.05. The first-order valence-corrected chi connectivity index (χ1v) is 12.2.